The van der Waals surface area contributed by atoms with Crippen LogP contribution in [0.25, 0.3) is 0 Å². The number of hydrogen-bond donors (Lipinski definition) is 1. The van der Waals surface area contributed by atoms with Crippen LogP contribution in [0.1, 0.15) is 99.8 Å². The van der Waals surface area contributed by atoms with Crippen molar-refractivity contribution < 1.29 is 9.53 Å². The number of unbranched alkanes of at least 4 members (excludes halogenated alkanes) is 3. The normalized spacial score (nSPS) is 15.7. The van der Waals surface area contributed by atoms with Crippen molar-refractivity contribution in [3.05, 3.63) is 10.2 Å². The minimum absolute atomic E-state index is 0.173. The fourth-order valence-corrected chi connectivity index (χ4v) is 19.9. The Bertz CT molecular complexity index is 435. The van der Waals surface area contributed by atoms with E-state index in [1.165, 1.54) is 51.8 Å². The maximum absolute atomic E-state index is 9.66. The van der Waals surface area contributed by atoms with Crippen LogP contribution in [0.2, 0.25) is 31.4 Å². The molecule has 0 fully saturated rings. The summed E-state index contributed by atoms with van der Waals surface area (Å²) < 4.78 is 14.2. The van der Waals surface area contributed by atoms with Crippen molar-refractivity contribution in [2.24, 2.45) is 5.92 Å². The van der Waals surface area contributed by atoms with Crippen molar-refractivity contribution in [2.45, 2.75) is 137 Å². The van der Waals surface area contributed by atoms with Gasteiger partial charge in [0.15, 0.2) is 0 Å². The summed E-state index contributed by atoms with van der Waals surface area (Å²) in [5.41, 5.74) is 0. The van der Waals surface area contributed by atoms with Crippen LogP contribution in [0.15, 0.2) is 10.2 Å². The van der Waals surface area contributed by atoms with Crippen LogP contribution in [0.5, 0.6) is 0 Å². The molecule has 0 radical (unpaired) electrons. The van der Waals surface area contributed by atoms with Gasteiger partial charge < -0.3 is 0 Å². The molecule has 0 aromatic rings. The summed E-state index contributed by atoms with van der Waals surface area (Å²) in [6.45, 7) is 21.2. The molecule has 0 heterocycles. The molecule has 0 aliphatic rings. The van der Waals surface area contributed by atoms with Gasteiger partial charge in [-0.15, -0.1) is 0 Å². The van der Waals surface area contributed by atoms with Crippen LogP contribution in [0.3, 0.4) is 0 Å². The van der Waals surface area contributed by atoms with Gasteiger partial charge in [0.2, 0.25) is 0 Å². The number of allylic oxidation sites excluding steroid dienone is 1. The van der Waals surface area contributed by atoms with Gasteiger partial charge in [0, 0.05) is 0 Å². The molecule has 0 aliphatic heterocycles. The van der Waals surface area contributed by atoms with Crippen LogP contribution in [-0.2, 0) is 4.43 Å². The van der Waals surface area contributed by atoms with E-state index < -0.39 is 26.7 Å². The molecule has 0 aliphatic carbocycles. The van der Waals surface area contributed by atoms with Gasteiger partial charge in [-0.25, -0.2) is 0 Å². The fraction of sp³-hybridized carbons (Fsp3) is 0.923. The third-order valence-corrected chi connectivity index (χ3v) is 26.1. The van der Waals surface area contributed by atoms with Gasteiger partial charge in [-0.05, 0) is 0 Å². The Hall–Kier alpha value is 0.676. The first-order chi connectivity index (χ1) is 14.0. The van der Waals surface area contributed by atoms with Gasteiger partial charge in [0.25, 0.3) is 0 Å². The summed E-state index contributed by atoms with van der Waals surface area (Å²) in [5.74, 6) is 0.468. The van der Waals surface area contributed by atoms with Gasteiger partial charge in [0.05, 0.1) is 0 Å². The Balaban J connectivity index is 5.32. The van der Waals surface area contributed by atoms with Crippen molar-refractivity contribution in [1.82, 2.24) is 0 Å². The monoisotopic (exact) mass is 548 g/mol. The fourth-order valence-electron chi connectivity index (χ4n) is 4.04. The van der Waals surface area contributed by atoms with Gasteiger partial charge in [-0.1, -0.05) is 0 Å². The zero-order valence-corrected chi connectivity index (χ0v) is 26.0. The SMILES string of the molecule is CCC[CH2][Sn](/[CH]=C/C[C@@H](C)[C@H](CCO)O[Si](C)(C)C(C)(C)C)([CH2]CCC)[CH2]CCC. The average molecular weight is 548 g/mol. The minimum atomic E-state index is -2.19. The van der Waals surface area contributed by atoms with Crippen LogP contribution >= 0.6 is 0 Å². The van der Waals surface area contributed by atoms with E-state index in [0.29, 0.717) is 5.92 Å². The van der Waals surface area contributed by atoms with Crippen LogP contribution < -0.4 is 0 Å². The van der Waals surface area contributed by atoms with Crippen LogP contribution in [0.4, 0.5) is 0 Å². The molecule has 0 aromatic carbocycles. The molecule has 0 rings (SSSR count). The van der Waals surface area contributed by atoms with E-state index in [-0.39, 0.29) is 17.7 Å². The first-order valence-electron chi connectivity index (χ1n) is 12.9. The van der Waals surface area contributed by atoms with E-state index in [4.69, 9.17) is 4.43 Å². The predicted octanol–water partition coefficient (Wildman–Crippen LogP) is 8.73. The molecule has 0 saturated heterocycles. The number of aliphatic hydroxyl groups excluding tert-OH is 1. The van der Waals surface area contributed by atoms with E-state index in [0.717, 1.165) is 12.8 Å². The molecule has 4 heteroatoms. The molecule has 2 atom stereocenters. The Morgan fingerprint density at radius 1 is 0.933 bits per heavy atom. The molecule has 0 bridgehead atoms. The van der Waals surface area contributed by atoms with E-state index >= 15 is 0 Å². The zero-order chi connectivity index (χ0) is 23.3. The molecule has 0 aromatic heterocycles. The molecule has 0 spiro atoms. The Morgan fingerprint density at radius 3 is 1.77 bits per heavy atom. The molecule has 0 saturated carbocycles. The van der Waals surface area contributed by atoms with Crippen molar-refractivity contribution in [2.75, 3.05) is 6.61 Å². The third-order valence-electron chi connectivity index (χ3n) is 7.36. The average Bonchev–Trinajstić information content (AvgIpc) is 2.67. The zero-order valence-electron chi connectivity index (χ0n) is 22.2. The molecule has 180 valence electrons. The van der Waals surface area contributed by atoms with E-state index in [1.807, 2.05) is 0 Å². The van der Waals surface area contributed by atoms with Crippen molar-refractivity contribution >= 4 is 26.7 Å². The first kappa shape index (κ1) is 30.7. The summed E-state index contributed by atoms with van der Waals surface area (Å²) in [6.07, 6.45) is 12.9. The standard InChI is InChI=1S/C14H29O2Si.3C4H9.Sn/c1-8-9-12(2)13(10-11-15)16-17(6,7)14(3,4)5;3*1-3-4-2;/h1,8,12-13,15H,9-11H2,2-7H3;3*1,3-4H2,2H3;/t12-,13+;;;;/m1..../s1. The van der Waals surface area contributed by atoms with Gasteiger partial charge in [-0.2, -0.15) is 0 Å². The Morgan fingerprint density at radius 2 is 1.40 bits per heavy atom. The van der Waals surface area contributed by atoms with Crippen molar-refractivity contribution in [1.29, 1.82) is 0 Å². The number of aliphatic hydroxyl groups is 1. The van der Waals surface area contributed by atoms with E-state index in [1.54, 1.807) is 0 Å². The predicted molar refractivity (Wildman–Crippen MR) is 142 cm³/mol. The number of rotatable bonds is 17. The summed E-state index contributed by atoms with van der Waals surface area (Å²) in [6, 6.07) is 0. The molecular formula is C26H56O2SiSn. The summed E-state index contributed by atoms with van der Waals surface area (Å²) in [7, 11) is -1.82. The second-order valence-corrected chi connectivity index (χ2v) is 29.0. The quantitative estimate of drug-likeness (QED) is 0.185. The van der Waals surface area contributed by atoms with Gasteiger partial charge in [0.1, 0.15) is 0 Å². The Kier molecular flexibility index (Phi) is 15.9. The molecule has 1 N–H and O–H groups in total. The third kappa shape index (κ3) is 11.5. The summed E-state index contributed by atoms with van der Waals surface area (Å²) >= 11 is -2.19. The van der Waals surface area contributed by atoms with Crippen LogP contribution in [-0.4, -0.2) is 44.5 Å². The maximum atomic E-state index is 9.66. The van der Waals surface area contributed by atoms with E-state index in [2.05, 4.69) is 71.7 Å². The van der Waals surface area contributed by atoms with Crippen LogP contribution in [0, 0.1) is 5.92 Å². The molecule has 0 unspecified atom stereocenters. The first-order valence-corrected chi connectivity index (χ1v) is 23.6. The molecule has 30 heavy (non-hydrogen) atoms. The second-order valence-electron chi connectivity index (χ2n) is 11.2. The summed E-state index contributed by atoms with van der Waals surface area (Å²) in [5, 5.41) is 9.87. The van der Waals surface area contributed by atoms with Crippen molar-refractivity contribution in [3.63, 3.8) is 0 Å². The molecular weight excluding hydrogens is 491 g/mol. The Labute approximate surface area is 195 Å². The van der Waals surface area contributed by atoms with E-state index in [9.17, 15) is 5.11 Å². The topological polar surface area (TPSA) is 29.5 Å². The molecule has 2 nitrogen and oxygen atoms in total. The second kappa shape index (κ2) is 15.5. The van der Waals surface area contributed by atoms with Gasteiger partial charge >= 0.3 is 196 Å². The van der Waals surface area contributed by atoms with Gasteiger partial charge in [-0.3, -0.25) is 0 Å². The number of hydrogen-bond acceptors (Lipinski definition) is 2. The summed E-state index contributed by atoms with van der Waals surface area (Å²) in [4.78, 5) is 0. The molecule has 0 amide bonds. The van der Waals surface area contributed by atoms with Crippen molar-refractivity contribution in [3.8, 4) is 0 Å².